The lowest BCUT2D eigenvalue weighted by molar-refractivity contribution is -0.384. The molecule has 0 spiro atoms. The molecule has 1 aromatic rings. The van der Waals surface area contributed by atoms with Crippen molar-refractivity contribution in [1.82, 2.24) is 15.3 Å². The van der Waals surface area contributed by atoms with Crippen LogP contribution in [0.1, 0.15) is 12.8 Å². The molecule has 1 fully saturated rings. The van der Waals surface area contributed by atoms with Gasteiger partial charge in [0.2, 0.25) is 17.7 Å². The molecule has 1 amide bonds. The van der Waals surface area contributed by atoms with Crippen LogP contribution in [0.5, 0.6) is 0 Å². The summed E-state index contributed by atoms with van der Waals surface area (Å²) in [7, 11) is 1.61. The van der Waals surface area contributed by atoms with E-state index in [1.54, 1.807) is 7.05 Å². The van der Waals surface area contributed by atoms with Crippen LogP contribution in [0.2, 0.25) is 0 Å². The average Bonchev–Trinajstić information content (AvgIpc) is 2.41. The highest BCUT2D eigenvalue weighted by molar-refractivity contribution is 5.85. The van der Waals surface area contributed by atoms with Gasteiger partial charge in [0.1, 0.15) is 12.2 Å². The third kappa shape index (κ3) is 2.87. The third-order valence-electron chi connectivity index (χ3n) is 2.79. The Balaban J connectivity index is 2.26. The number of nitrogens with zero attached hydrogens (tertiary/aromatic N) is 3. The molecule has 1 saturated heterocycles. The van der Waals surface area contributed by atoms with E-state index in [0.717, 1.165) is 12.6 Å². The van der Waals surface area contributed by atoms with Gasteiger partial charge in [0, 0.05) is 13.6 Å². The number of amides is 1. The first-order chi connectivity index (χ1) is 9.11. The van der Waals surface area contributed by atoms with Crippen molar-refractivity contribution in [1.29, 1.82) is 0 Å². The van der Waals surface area contributed by atoms with Gasteiger partial charge in [-0.2, -0.15) is 4.98 Å². The minimum Gasteiger partial charge on any atom is -0.357 e. The van der Waals surface area contributed by atoms with Crippen LogP contribution in [0.3, 0.4) is 0 Å². The van der Waals surface area contributed by atoms with Gasteiger partial charge in [-0.25, -0.2) is 4.98 Å². The van der Waals surface area contributed by atoms with Crippen LogP contribution < -0.4 is 16.0 Å². The van der Waals surface area contributed by atoms with E-state index < -0.39 is 11.0 Å². The third-order valence-corrected chi connectivity index (χ3v) is 2.79. The van der Waals surface area contributed by atoms with Crippen molar-refractivity contribution in [3.8, 4) is 0 Å². The Labute approximate surface area is 109 Å². The molecule has 0 aromatic carbocycles. The minimum atomic E-state index is -0.581. The molecular formula is C10H14N6O3. The fourth-order valence-corrected chi connectivity index (χ4v) is 1.81. The highest BCUT2D eigenvalue weighted by Crippen LogP contribution is 2.23. The van der Waals surface area contributed by atoms with Gasteiger partial charge < -0.3 is 16.0 Å². The van der Waals surface area contributed by atoms with Gasteiger partial charge in [0.15, 0.2) is 0 Å². The van der Waals surface area contributed by atoms with Gasteiger partial charge in [0.05, 0.1) is 4.92 Å². The number of nitrogens with one attached hydrogen (secondary N) is 3. The molecule has 102 valence electrons. The summed E-state index contributed by atoms with van der Waals surface area (Å²) >= 11 is 0. The van der Waals surface area contributed by atoms with Crippen molar-refractivity contribution < 1.29 is 9.72 Å². The molecule has 9 heteroatoms. The Morgan fingerprint density at radius 2 is 2.37 bits per heavy atom. The monoisotopic (exact) mass is 266 g/mol. The summed E-state index contributed by atoms with van der Waals surface area (Å²) in [5, 5.41) is 19.1. The second-order valence-electron chi connectivity index (χ2n) is 4.06. The first kappa shape index (κ1) is 13.0. The van der Waals surface area contributed by atoms with Crippen LogP contribution >= 0.6 is 0 Å². The predicted octanol–water partition coefficient (Wildman–Crippen LogP) is 0.117. The molecule has 1 aromatic heterocycles. The molecule has 0 aliphatic carbocycles. The molecule has 3 N–H and O–H groups in total. The summed E-state index contributed by atoms with van der Waals surface area (Å²) in [6, 6.07) is -0.507. The average molecular weight is 266 g/mol. The van der Waals surface area contributed by atoms with Crippen LogP contribution in [-0.2, 0) is 4.79 Å². The maximum Gasteiger partial charge on any atom is 0.329 e. The molecule has 0 saturated carbocycles. The van der Waals surface area contributed by atoms with Crippen molar-refractivity contribution in [2.75, 3.05) is 24.2 Å². The summed E-state index contributed by atoms with van der Waals surface area (Å²) in [5.74, 6) is 0.126. The van der Waals surface area contributed by atoms with Crippen molar-refractivity contribution in [2.45, 2.75) is 18.9 Å². The normalized spacial score (nSPS) is 18.6. The predicted molar refractivity (Wildman–Crippen MR) is 67.9 cm³/mol. The van der Waals surface area contributed by atoms with Crippen LogP contribution in [0.4, 0.5) is 17.5 Å². The van der Waals surface area contributed by atoms with E-state index in [1.807, 2.05) is 0 Å². The lowest BCUT2D eigenvalue weighted by atomic mass is 10.1. The quantitative estimate of drug-likeness (QED) is 0.522. The number of nitro groups is 1. The highest BCUT2D eigenvalue weighted by atomic mass is 16.6. The number of anilines is 2. The van der Waals surface area contributed by atoms with Crippen LogP contribution in [-0.4, -0.2) is 40.4 Å². The molecule has 9 nitrogen and oxygen atoms in total. The van der Waals surface area contributed by atoms with E-state index in [4.69, 9.17) is 0 Å². The van der Waals surface area contributed by atoms with Gasteiger partial charge in [-0.15, -0.1) is 0 Å². The molecule has 0 radical (unpaired) electrons. The minimum absolute atomic E-state index is 0.0476. The summed E-state index contributed by atoms with van der Waals surface area (Å²) in [4.78, 5) is 29.7. The molecule has 19 heavy (non-hydrogen) atoms. The molecule has 0 bridgehead atoms. The Kier molecular flexibility index (Phi) is 3.74. The van der Waals surface area contributed by atoms with Crippen LogP contribution in [0.25, 0.3) is 0 Å². The maximum atomic E-state index is 11.6. The fraction of sp³-hybridized carbons (Fsp3) is 0.500. The molecule has 1 unspecified atom stereocenters. The maximum absolute atomic E-state index is 11.6. The van der Waals surface area contributed by atoms with Gasteiger partial charge in [-0.3, -0.25) is 14.9 Å². The highest BCUT2D eigenvalue weighted by Gasteiger charge is 2.26. The lowest BCUT2D eigenvalue weighted by Crippen LogP contribution is -2.44. The second-order valence-corrected chi connectivity index (χ2v) is 4.06. The van der Waals surface area contributed by atoms with E-state index in [9.17, 15) is 14.9 Å². The van der Waals surface area contributed by atoms with E-state index in [1.165, 1.54) is 0 Å². The Hall–Kier alpha value is -2.45. The van der Waals surface area contributed by atoms with Crippen LogP contribution in [0.15, 0.2) is 6.20 Å². The van der Waals surface area contributed by atoms with Gasteiger partial charge in [-0.1, -0.05) is 0 Å². The summed E-state index contributed by atoms with van der Waals surface area (Å²) in [6.07, 6.45) is 2.55. The van der Waals surface area contributed by atoms with Gasteiger partial charge in [0.25, 0.3) is 0 Å². The Bertz CT molecular complexity index is 506. The largest absolute Gasteiger partial charge is 0.357 e. The zero-order chi connectivity index (χ0) is 13.8. The molecule has 2 heterocycles. The molecule has 1 aliphatic heterocycles. The van der Waals surface area contributed by atoms with E-state index in [0.29, 0.717) is 13.0 Å². The zero-order valence-electron chi connectivity index (χ0n) is 10.3. The lowest BCUT2D eigenvalue weighted by Gasteiger charge is -2.23. The SMILES string of the molecule is CNc1ncc([N+](=O)[O-])c(NC2CCCNC2=O)n1. The van der Waals surface area contributed by atoms with Crippen molar-refractivity contribution in [2.24, 2.45) is 0 Å². The summed E-state index contributed by atoms with van der Waals surface area (Å²) in [6.45, 7) is 0.630. The molecule has 1 aliphatic rings. The van der Waals surface area contributed by atoms with Gasteiger partial charge >= 0.3 is 5.69 Å². The first-order valence-corrected chi connectivity index (χ1v) is 5.85. The number of carbonyl (C=O) groups is 1. The Morgan fingerprint density at radius 1 is 1.58 bits per heavy atom. The Morgan fingerprint density at radius 3 is 3.00 bits per heavy atom. The van der Waals surface area contributed by atoms with Gasteiger partial charge in [-0.05, 0) is 12.8 Å². The number of piperidine rings is 1. The number of rotatable bonds is 4. The van der Waals surface area contributed by atoms with E-state index in [2.05, 4.69) is 25.9 Å². The van der Waals surface area contributed by atoms with Crippen molar-refractivity contribution in [3.05, 3.63) is 16.3 Å². The topological polar surface area (TPSA) is 122 Å². The van der Waals surface area contributed by atoms with E-state index >= 15 is 0 Å². The molecular weight excluding hydrogens is 252 g/mol. The molecule has 1 atom stereocenters. The smallest absolute Gasteiger partial charge is 0.329 e. The number of hydrogen-bond acceptors (Lipinski definition) is 7. The number of carbonyl (C=O) groups excluding carboxylic acids is 1. The summed E-state index contributed by atoms with van der Waals surface area (Å²) < 4.78 is 0. The van der Waals surface area contributed by atoms with Crippen molar-refractivity contribution in [3.63, 3.8) is 0 Å². The number of hydrogen-bond donors (Lipinski definition) is 3. The van der Waals surface area contributed by atoms with E-state index in [-0.39, 0.29) is 23.4 Å². The fourth-order valence-electron chi connectivity index (χ4n) is 1.81. The standard InChI is InChI=1S/C10H14N6O3/c1-11-10-13-5-7(16(18)19)8(15-10)14-6-3-2-4-12-9(6)17/h5-6H,2-4H2,1H3,(H,12,17)(H2,11,13,14,15). The second kappa shape index (κ2) is 5.46. The van der Waals surface area contributed by atoms with Crippen LogP contribution in [0, 0.1) is 10.1 Å². The zero-order valence-corrected chi connectivity index (χ0v) is 10.3. The summed E-state index contributed by atoms with van der Waals surface area (Å²) in [5.41, 5.74) is -0.252. The molecule has 2 rings (SSSR count). The first-order valence-electron chi connectivity index (χ1n) is 5.85. The van der Waals surface area contributed by atoms with Crippen molar-refractivity contribution >= 4 is 23.4 Å². The number of aromatic nitrogens is 2.